The smallest absolute Gasteiger partial charge is 0.310 e. The minimum atomic E-state index is -3.45. The van der Waals surface area contributed by atoms with Gasteiger partial charge in [0.25, 0.3) is 0 Å². The third kappa shape index (κ3) is 3.88. The summed E-state index contributed by atoms with van der Waals surface area (Å²) in [5.74, 6) is -0.901. The molecule has 8 heteroatoms. The lowest BCUT2D eigenvalue weighted by atomic mass is 9.89. The van der Waals surface area contributed by atoms with Gasteiger partial charge in [0.2, 0.25) is 10.0 Å². The van der Waals surface area contributed by atoms with Crippen molar-refractivity contribution in [3.63, 3.8) is 0 Å². The number of hydrogen-bond acceptors (Lipinski definition) is 5. The second-order valence-electron chi connectivity index (χ2n) is 5.66. The zero-order chi connectivity index (χ0) is 14.8. The fraction of sp³-hybridized carbons (Fsp3) is 0.923. The molecule has 21 heavy (non-hydrogen) atoms. The van der Waals surface area contributed by atoms with E-state index in [-0.39, 0.29) is 24.4 Å². The summed E-state index contributed by atoms with van der Waals surface area (Å²) in [6.45, 7) is 3.71. The SMILES string of the molecule is COC(=O)C1CCCCC1S(=O)(=O)N1CCNCC1C.Cl. The van der Waals surface area contributed by atoms with Crippen molar-refractivity contribution in [2.24, 2.45) is 5.92 Å². The number of hydrogen-bond donors (Lipinski definition) is 1. The van der Waals surface area contributed by atoms with E-state index in [0.717, 1.165) is 12.8 Å². The molecule has 1 N–H and O–H groups in total. The number of carbonyl (C=O) groups is 1. The number of rotatable bonds is 3. The summed E-state index contributed by atoms with van der Waals surface area (Å²) >= 11 is 0. The second-order valence-corrected chi connectivity index (χ2v) is 7.77. The molecule has 3 atom stereocenters. The Morgan fingerprint density at radius 3 is 2.57 bits per heavy atom. The molecule has 0 radical (unpaired) electrons. The molecule has 3 unspecified atom stereocenters. The number of ether oxygens (including phenoxy) is 1. The Bertz CT molecular complexity index is 457. The summed E-state index contributed by atoms with van der Waals surface area (Å²) in [5.41, 5.74) is 0. The second kappa shape index (κ2) is 7.76. The molecule has 124 valence electrons. The van der Waals surface area contributed by atoms with Crippen LogP contribution in [-0.2, 0) is 19.6 Å². The lowest BCUT2D eigenvalue weighted by molar-refractivity contribution is -0.146. The van der Waals surface area contributed by atoms with Crippen LogP contribution in [0.15, 0.2) is 0 Å². The summed E-state index contributed by atoms with van der Waals surface area (Å²) in [6.07, 6.45) is 2.91. The summed E-state index contributed by atoms with van der Waals surface area (Å²) in [7, 11) is -2.12. The molecule has 1 saturated carbocycles. The number of nitrogens with one attached hydrogen (secondary N) is 1. The van der Waals surface area contributed by atoms with E-state index < -0.39 is 21.2 Å². The maximum absolute atomic E-state index is 12.9. The molecule has 0 aromatic carbocycles. The fourth-order valence-corrected chi connectivity index (χ4v) is 5.65. The largest absolute Gasteiger partial charge is 0.469 e. The number of esters is 1. The minimum absolute atomic E-state index is 0. The Morgan fingerprint density at radius 2 is 1.95 bits per heavy atom. The molecular formula is C13H25ClN2O4S. The highest BCUT2D eigenvalue weighted by molar-refractivity contribution is 7.89. The summed E-state index contributed by atoms with van der Waals surface area (Å²) in [4.78, 5) is 11.9. The van der Waals surface area contributed by atoms with Gasteiger partial charge in [0.15, 0.2) is 0 Å². The van der Waals surface area contributed by atoms with Gasteiger partial charge in [0.1, 0.15) is 0 Å². The highest BCUT2D eigenvalue weighted by Gasteiger charge is 2.44. The van der Waals surface area contributed by atoms with Crippen LogP contribution < -0.4 is 5.32 Å². The third-order valence-corrected chi connectivity index (χ3v) is 6.88. The molecule has 1 aliphatic carbocycles. The summed E-state index contributed by atoms with van der Waals surface area (Å²) in [6, 6.07) is -0.0611. The molecular weight excluding hydrogens is 316 g/mol. The van der Waals surface area contributed by atoms with Gasteiger partial charge >= 0.3 is 5.97 Å². The molecule has 1 heterocycles. The van der Waals surface area contributed by atoms with Crippen molar-refractivity contribution in [2.75, 3.05) is 26.7 Å². The predicted octanol–water partition coefficient (Wildman–Crippen LogP) is 0.763. The minimum Gasteiger partial charge on any atom is -0.469 e. The van der Waals surface area contributed by atoms with Crippen LogP contribution in [0.5, 0.6) is 0 Å². The fourth-order valence-electron chi connectivity index (χ4n) is 3.25. The number of sulfonamides is 1. The lowest BCUT2D eigenvalue weighted by Gasteiger charge is -2.38. The van der Waals surface area contributed by atoms with E-state index in [1.54, 1.807) is 4.31 Å². The molecule has 0 amide bonds. The molecule has 1 aliphatic heterocycles. The van der Waals surface area contributed by atoms with Crippen molar-refractivity contribution in [1.29, 1.82) is 0 Å². The van der Waals surface area contributed by atoms with Gasteiger partial charge in [0.05, 0.1) is 18.3 Å². The number of carbonyl (C=O) groups excluding carboxylic acids is 1. The first-order valence-electron chi connectivity index (χ1n) is 7.27. The molecule has 0 aromatic heterocycles. The Labute approximate surface area is 133 Å². The Morgan fingerprint density at radius 1 is 1.29 bits per heavy atom. The molecule has 6 nitrogen and oxygen atoms in total. The molecule has 2 aliphatic rings. The van der Waals surface area contributed by atoms with Crippen molar-refractivity contribution < 1.29 is 17.9 Å². The van der Waals surface area contributed by atoms with Gasteiger partial charge in [-0.15, -0.1) is 12.4 Å². The first-order valence-corrected chi connectivity index (χ1v) is 8.78. The van der Waals surface area contributed by atoms with Crippen molar-refractivity contribution in [2.45, 2.75) is 43.9 Å². The standard InChI is InChI=1S/C13H24N2O4S.ClH/c1-10-9-14-7-8-15(10)20(17,18)12-6-4-3-5-11(12)13(16)19-2;/h10-12,14H,3-9H2,1-2H3;1H. The van der Waals surface area contributed by atoms with Crippen LogP contribution in [0.2, 0.25) is 0 Å². The lowest BCUT2D eigenvalue weighted by Crippen LogP contribution is -2.56. The van der Waals surface area contributed by atoms with Crippen molar-refractivity contribution in [3.05, 3.63) is 0 Å². The monoisotopic (exact) mass is 340 g/mol. The predicted molar refractivity (Wildman–Crippen MR) is 83.0 cm³/mol. The Kier molecular flexibility index (Phi) is 6.90. The number of halogens is 1. The first-order chi connectivity index (χ1) is 9.48. The normalized spacial score (nSPS) is 31.2. The van der Waals surface area contributed by atoms with Crippen LogP contribution in [0.3, 0.4) is 0 Å². The summed E-state index contributed by atoms with van der Waals surface area (Å²) in [5, 5.41) is 2.57. The molecule has 0 bridgehead atoms. The van der Waals surface area contributed by atoms with Gasteiger partial charge in [-0.1, -0.05) is 12.8 Å². The number of piperazine rings is 1. The average Bonchev–Trinajstić information content (AvgIpc) is 2.46. The van der Waals surface area contributed by atoms with E-state index in [2.05, 4.69) is 5.32 Å². The van der Waals surface area contributed by atoms with Gasteiger partial charge in [-0.05, 0) is 19.8 Å². The molecule has 1 saturated heterocycles. The van der Waals surface area contributed by atoms with Gasteiger partial charge in [0, 0.05) is 25.7 Å². The van der Waals surface area contributed by atoms with E-state index in [1.165, 1.54) is 7.11 Å². The average molecular weight is 341 g/mol. The third-order valence-electron chi connectivity index (χ3n) is 4.36. The van der Waals surface area contributed by atoms with Crippen LogP contribution in [-0.4, -0.2) is 56.7 Å². The molecule has 2 rings (SSSR count). The maximum Gasteiger partial charge on any atom is 0.310 e. The van der Waals surface area contributed by atoms with Crippen molar-refractivity contribution in [1.82, 2.24) is 9.62 Å². The van der Waals surface area contributed by atoms with Gasteiger partial charge in [-0.25, -0.2) is 8.42 Å². The zero-order valence-corrected chi connectivity index (χ0v) is 14.2. The maximum atomic E-state index is 12.9. The van der Waals surface area contributed by atoms with Crippen LogP contribution >= 0.6 is 12.4 Å². The Hall–Kier alpha value is -0.370. The highest BCUT2D eigenvalue weighted by Crippen LogP contribution is 2.33. The highest BCUT2D eigenvalue weighted by atomic mass is 35.5. The van der Waals surface area contributed by atoms with Gasteiger partial charge in [-0.3, -0.25) is 4.79 Å². The number of methoxy groups -OCH3 is 1. The van der Waals surface area contributed by atoms with E-state index >= 15 is 0 Å². The first kappa shape index (κ1) is 18.7. The Balaban J connectivity index is 0.00000220. The quantitative estimate of drug-likeness (QED) is 0.768. The van der Waals surface area contributed by atoms with Crippen LogP contribution in [0.4, 0.5) is 0 Å². The van der Waals surface area contributed by atoms with E-state index in [1.807, 2.05) is 6.92 Å². The molecule has 0 spiro atoms. The molecule has 2 fully saturated rings. The van der Waals surface area contributed by atoms with E-state index in [4.69, 9.17) is 4.74 Å². The van der Waals surface area contributed by atoms with Gasteiger partial charge < -0.3 is 10.1 Å². The topological polar surface area (TPSA) is 75.7 Å². The van der Waals surface area contributed by atoms with E-state index in [0.29, 0.717) is 32.5 Å². The molecule has 0 aromatic rings. The van der Waals surface area contributed by atoms with Crippen LogP contribution in [0.25, 0.3) is 0 Å². The van der Waals surface area contributed by atoms with E-state index in [9.17, 15) is 13.2 Å². The van der Waals surface area contributed by atoms with Crippen LogP contribution in [0, 0.1) is 5.92 Å². The van der Waals surface area contributed by atoms with Crippen molar-refractivity contribution in [3.8, 4) is 0 Å². The van der Waals surface area contributed by atoms with Crippen molar-refractivity contribution >= 4 is 28.4 Å². The summed E-state index contributed by atoms with van der Waals surface area (Å²) < 4.78 is 32.1. The number of nitrogens with zero attached hydrogens (tertiary/aromatic N) is 1. The van der Waals surface area contributed by atoms with Crippen LogP contribution in [0.1, 0.15) is 32.6 Å². The van der Waals surface area contributed by atoms with Gasteiger partial charge in [-0.2, -0.15) is 4.31 Å². The zero-order valence-electron chi connectivity index (χ0n) is 12.6.